The molecule has 0 spiro atoms. The van der Waals surface area contributed by atoms with E-state index in [2.05, 4.69) is 12.0 Å². The number of rotatable bonds is 4. The molecule has 0 aliphatic carbocycles. The first-order valence-electron chi connectivity index (χ1n) is 4.31. The van der Waals surface area contributed by atoms with Crippen molar-refractivity contribution in [2.24, 2.45) is 5.11 Å². The van der Waals surface area contributed by atoms with Crippen molar-refractivity contribution in [2.75, 3.05) is 0 Å². The smallest absolute Gasteiger partial charge is 0.0875 e. The molecule has 1 aromatic carbocycles. The minimum Gasteiger partial charge on any atom is -0.129 e. The van der Waals surface area contributed by atoms with Crippen LogP contribution in [0.2, 0.25) is 0 Å². The first-order chi connectivity index (χ1) is 5.86. The minimum absolute atomic E-state index is 0.621. The van der Waals surface area contributed by atoms with Gasteiger partial charge in [-0.05, 0) is 36.1 Å². The average Bonchev–Trinajstić information content (AvgIpc) is 2.15. The molecule has 0 N–H and O–H groups in total. The zero-order valence-corrected chi connectivity index (χ0v) is 7.33. The van der Waals surface area contributed by atoms with E-state index >= 15 is 0 Å². The van der Waals surface area contributed by atoms with Gasteiger partial charge >= 0.3 is 0 Å². The highest BCUT2D eigenvalue weighted by Crippen LogP contribution is 2.13. The minimum atomic E-state index is 0.621. The molecule has 0 atom stereocenters. The van der Waals surface area contributed by atoms with Crippen LogP contribution in [0.25, 0.3) is 0 Å². The van der Waals surface area contributed by atoms with E-state index in [-0.39, 0.29) is 0 Å². The lowest BCUT2D eigenvalue weighted by atomic mass is 10.1. The standard InChI is InChI=1S/C10H13N2/c1-2-3-4-9-5-7-10(12-11)8-6-9/h5-8H,2-4H2,1H3. The topological polar surface area (TPSA) is 34.7 Å². The lowest BCUT2D eigenvalue weighted by Gasteiger charge is -1.98. The second-order valence-electron chi connectivity index (χ2n) is 2.87. The third-order valence-electron chi connectivity index (χ3n) is 1.87. The molecule has 0 saturated carbocycles. The fourth-order valence-electron chi connectivity index (χ4n) is 1.11. The fourth-order valence-corrected chi connectivity index (χ4v) is 1.11. The molecule has 0 aromatic heterocycles. The Morgan fingerprint density at radius 1 is 1.25 bits per heavy atom. The highest BCUT2D eigenvalue weighted by atomic mass is 14.9. The normalized spacial score (nSPS) is 9.75. The summed E-state index contributed by atoms with van der Waals surface area (Å²) in [4.78, 5) is 0. The second-order valence-corrected chi connectivity index (χ2v) is 2.87. The van der Waals surface area contributed by atoms with Crippen molar-refractivity contribution in [1.82, 2.24) is 5.53 Å². The van der Waals surface area contributed by atoms with Gasteiger partial charge in [-0.2, -0.15) is 0 Å². The van der Waals surface area contributed by atoms with Crippen molar-refractivity contribution < 1.29 is 0 Å². The predicted octanol–water partition coefficient (Wildman–Crippen LogP) is 2.91. The maximum Gasteiger partial charge on any atom is 0.0875 e. The van der Waals surface area contributed by atoms with E-state index < -0.39 is 0 Å². The molecule has 1 aromatic rings. The Morgan fingerprint density at radius 3 is 2.42 bits per heavy atom. The highest BCUT2D eigenvalue weighted by Gasteiger charge is 1.92. The van der Waals surface area contributed by atoms with Crippen LogP contribution < -0.4 is 5.53 Å². The zero-order valence-electron chi connectivity index (χ0n) is 7.33. The van der Waals surface area contributed by atoms with E-state index in [0.717, 1.165) is 6.42 Å². The average molecular weight is 161 g/mol. The third-order valence-corrected chi connectivity index (χ3v) is 1.87. The summed E-state index contributed by atoms with van der Waals surface area (Å²) >= 11 is 0. The number of nitrogens with zero attached hydrogens (tertiary/aromatic N) is 2. The van der Waals surface area contributed by atoms with Gasteiger partial charge in [0.2, 0.25) is 0 Å². The lowest BCUT2D eigenvalue weighted by Crippen LogP contribution is -1.82. The van der Waals surface area contributed by atoms with Crippen LogP contribution in [0.15, 0.2) is 29.4 Å². The summed E-state index contributed by atoms with van der Waals surface area (Å²) in [5.41, 5.74) is 10.4. The van der Waals surface area contributed by atoms with Crippen molar-refractivity contribution in [2.45, 2.75) is 26.2 Å². The summed E-state index contributed by atoms with van der Waals surface area (Å²) in [6.45, 7) is 2.18. The van der Waals surface area contributed by atoms with Gasteiger partial charge in [0, 0.05) is 0 Å². The summed E-state index contributed by atoms with van der Waals surface area (Å²) in [6, 6.07) is 7.66. The molecule has 2 nitrogen and oxygen atoms in total. The Balaban J connectivity index is 2.58. The van der Waals surface area contributed by atoms with Crippen LogP contribution >= 0.6 is 0 Å². The molecule has 0 aliphatic rings. The van der Waals surface area contributed by atoms with Gasteiger partial charge in [0.1, 0.15) is 0 Å². The van der Waals surface area contributed by atoms with Gasteiger partial charge in [-0.1, -0.05) is 25.5 Å². The quantitative estimate of drug-likeness (QED) is 0.608. The number of hydrogen-bond donors (Lipinski definition) is 0. The molecule has 63 valence electrons. The molecule has 0 unspecified atom stereocenters. The van der Waals surface area contributed by atoms with Crippen LogP contribution in [0.1, 0.15) is 25.3 Å². The Kier molecular flexibility index (Phi) is 3.45. The summed E-state index contributed by atoms with van der Waals surface area (Å²) in [5, 5.41) is 3.09. The SMILES string of the molecule is CCCCc1ccc(N=[N])cc1. The van der Waals surface area contributed by atoms with E-state index in [1.165, 1.54) is 18.4 Å². The number of unbranched alkanes of at least 4 members (excludes halogenated alkanes) is 1. The summed E-state index contributed by atoms with van der Waals surface area (Å²) in [5.74, 6) is 0. The molecule has 1 radical (unpaired) electrons. The Bertz CT molecular complexity index is 239. The van der Waals surface area contributed by atoms with Gasteiger partial charge in [0.05, 0.1) is 5.69 Å². The van der Waals surface area contributed by atoms with E-state index in [0.29, 0.717) is 5.69 Å². The number of aryl methyl sites for hydroxylation is 1. The monoisotopic (exact) mass is 161 g/mol. The Morgan fingerprint density at radius 2 is 1.92 bits per heavy atom. The molecule has 0 amide bonds. The molecule has 2 heteroatoms. The molecule has 0 bridgehead atoms. The van der Waals surface area contributed by atoms with E-state index in [1.807, 2.05) is 24.3 Å². The number of benzene rings is 1. The number of hydrogen-bond acceptors (Lipinski definition) is 1. The summed E-state index contributed by atoms with van der Waals surface area (Å²) in [7, 11) is 0. The van der Waals surface area contributed by atoms with Gasteiger partial charge in [-0.15, -0.1) is 5.11 Å². The molecule has 0 heterocycles. The molecule has 0 fully saturated rings. The first-order valence-corrected chi connectivity index (χ1v) is 4.31. The molecule has 0 saturated heterocycles. The maximum atomic E-state index is 8.43. The Labute approximate surface area is 73.1 Å². The van der Waals surface area contributed by atoms with Crippen LogP contribution in [0.3, 0.4) is 0 Å². The van der Waals surface area contributed by atoms with Crippen molar-refractivity contribution in [3.63, 3.8) is 0 Å². The van der Waals surface area contributed by atoms with Crippen LogP contribution in [0.4, 0.5) is 5.69 Å². The van der Waals surface area contributed by atoms with Crippen molar-refractivity contribution in [1.29, 1.82) is 0 Å². The molecular weight excluding hydrogens is 148 g/mol. The van der Waals surface area contributed by atoms with Crippen LogP contribution in [0, 0.1) is 0 Å². The second kappa shape index (κ2) is 4.65. The molecule has 12 heavy (non-hydrogen) atoms. The lowest BCUT2D eigenvalue weighted by molar-refractivity contribution is 0.795. The third kappa shape index (κ3) is 2.46. The van der Waals surface area contributed by atoms with E-state index in [4.69, 9.17) is 5.53 Å². The van der Waals surface area contributed by atoms with Crippen LogP contribution in [0.5, 0.6) is 0 Å². The van der Waals surface area contributed by atoms with Crippen molar-refractivity contribution in [3.05, 3.63) is 29.8 Å². The van der Waals surface area contributed by atoms with Gasteiger partial charge in [0.25, 0.3) is 0 Å². The molecule has 1 rings (SSSR count). The van der Waals surface area contributed by atoms with Crippen LogP contribution in [-0.2, 0) is 6.42 Å². The van der Waals surface area contributed by atoms with Gasteiger partial charge < -0.3 is 0 Å². The van der Waals surface area contributed by atoms with Crippen LogP contribution in [-0.4, -0.2) is 0 Å². The molecular formula is C10H13N2. The van der Waals surface area contributed by atoms with Crippen molar-refractivity contribution in [3.8, 4) is 0 Å². The first kappa shape index (κ1) is 8.91. The zero-order chi connectivity index (χ0) is 8.81. The maximum absolute atomic E-state index is 8.43. The van der Waals surface area contributed by atoms with Gasteiger partial charge in [0.15, 0.2) is 0 Å². The van der Waals surface area contributed by atoms with Gasteiger partial charge in [-0.3, -0.25) is 0 Å². The summed E-state index contributed by atoms with van der Waals surface area (Å²) < 4.78 is 0. The van der Waals surface area contributed by atoms with E-state index in [9.17, 15) is 0 Å². The van der Waals surface area contributed by atoms with Gasteiger partial charge in [-0.25, -0.2) is 0 Å². The fraction of sp³-hybridized carbons (Fsp3) is 0.400. The van der Waals surface area contributed by atoms with E-state index in [1.54, 1.807) is 0 Å². The largest absolute Gasteiger partial charge is 0.129 e. The highest BCUT2D eigenvalue weighted by molar-refractivity contribution is 5.37. The Hall–Kier alpha value is -1.18. The predicted molar refractivity (Wildman–Crippen MR) is 49.3 cm³/mol. The van der Waals surface area contributed by atoms with Crippen molar-refractivity contribution >= 4 is 5.69 Å². The summed E-state index contributed by atoms with van der Waals surface area (Å²) in [6.07, 6.45) is 3.55. The molecule has 0 aliphatic heterocycles.